The smallest absolute Gasteiger partial charge is 0.323 e. The highest BCUT2D eigenvalue weighted by molar-refractivity contribution is 5.92. The van der Waals surface area contributed by atoms with Crippen molar-refractivity contribution in [2.45, 2.75) is 19.9 Å². The number of hydrogen-bond donors (Lipinski definition) is 2. The lowest BCUT2D eigenvalue weighted by Gasteiger charge is -2.19. The van der Waals surface area contributed by atoms with E-state index >= 15 is 0 Å². The summed E-state index contributed by atoms with van der Waals surface area (Å²) in [6.07, 6.45) is 0. The van der Waals surface area contributed by atoms with E-state index in [1.54, 1.807) is 0 Å². The number of benzene rings is 1. The van der Waals surface area contributed by atoms with Crippen LogP contribution in [-0.4, -0.2) is 31.6 Å². The van der Waals surface area contributed by atoms with Crippen molar-refractivity contribution in [3.8, 4) is 0 Å². The Morgan fingerprint density at radius 2 is 1.85 bits per heavy atom. The van der Waals surface area contributed by atoms with Crippen LogP contribution in [-0.2, 0) is 14.3 Å². The second kappa shape index (κ2) is 7.59. The number of hydrogen-bond acceptors (Lipinski definition) is 4. The van der Waals surface area contributed by atoms with E-state index in [0.29, 0.717) is 5.69 Å². The van der Waals surface area contributed by atoms with E-state index in [1.807, 2.05) is 13.8 Å². The van der Waals surface area contributed by atoms with Gasteiger partial charge in [0.05, 0.1) is 13.7 Å². The average Bonchev–Trinajstić information content (AvgIpc) is 2.41. The fourth-order valence-electron chi connectivity index (χ4n) is 1.66. The molecule has 0 bridgehead atoms. The maximum absolute atomic E-state index is 12.7. The lowest BCUT2D eigenvalue weighted by atomic mass is 10.0. The fraction of sp³-hybridized carbons (Fsp3) is 0.429. The van der Waals surface area contributed by atoms with E-state index in [2.05, 4.69) is 15.4 Å². The standard InChI is InChI=1S/C14H19FN2O3/c1-9(2)13(14(19)20-3)16-8-12(18)17-11-6-4-10(15)5-7-11/h4-7,9,13,16H,8H2,1-3H3,(H,17,18). The molecule has 110 valence electrons. The van der Waals surface area contributed by atoms with Crippen molar-refractivity contribution in [2.75, 3.05) is 19.0 Å². The number of carbonyl (C=O) groups is 2. The summed E-state index contributed by atoms with van der Waals surface area (Å²) in [7, 11) is 1.30. The molecule has 0 spiro atoms. The first-order valence-electron chi connectivity index (χ1n) is 6.30. The van der Waals surface area contributed by atoms with Crippen LogP contribution in [0, 0.1) is 11.7 Å². The molecule has 0 radical (unpaired) electrons. The Morgan fingerprint density at radius 3 is 2.35 bits per heavy atom. The maximum atomic E-state index is 12.7. The van der Waals surface area contributed by atoms with Crippen LogP contribution in [0.15, 0.2) is 24.3 Å². The highest BCUT2D eigenvalue weighted by Gasteiger charge is 2.22. The summed E-state index contributed by atoms with van der Waals surface area (Å²) in [6.45, 7) is 3.67. The van der Waals surface area contributed by atoms with Gasteiger partial charge in [-0.1, -0.05) is 13.8 Å². The molecule has 0 aliphatic carbocycles. The van der Waals surface area contributed by atoms with Gasteiger partial charge in [-0.05, 0) is 30.2 Å². The minimum atomic E-state index is -0.543. The summed E-state index contributed by atoms with van der Waals surface area (Å²) in [5, 5.41) is 5.44. The quantitative estimate of drug-likeness (QED) is 0.777. The van der Waals surface area contributed by atoms with E-state index in [0.717, 1.165) is 0 Å². The van der Waals surface area contributed by atoms with Gasteiger partial charge in [0.2, 0.25) is 5.91 Å². The van der Waals surface area contributed by atoms with Gasteiger partial charge in [0.15, 0.2) is 0 Å². The molecule has 1 unspecified atom stereocenters. The highest BCUT2D eigenvalue weighted by Crippen LogP contribution is 2.08. The van der Waals surface area contributed by atoms with Gasteiger partial charge in [-0.3, -0.25) is 14.9 Å². The Balaban J connectivity index is 2.49. The molecule has 20 heavy (non-hydrogen) atoms. The Hall–Kier alpha value is -1.95. The summed E-state index contributed by atoms with van der Waals surface area (Å²) in [6, 6.07) is 4.91. The van der Waals surface area contributed by atoms with Crippen molar-refractivity contribution in [3.05, 3.63) is 30.1 Å². The lowest BCUT2D eigenvalue weighted by molar-refractivity contribution is -0.144. The van der Waals surface area contributed by atoms with Gasteiger partial charge in [0, 0.05) is 5.69 Å². The van der Waals surface area contributed by atoms with Crippen LogP contribution >= 0.6 is 0 Å². The molecule has 5 nitrogen and oxygen atoms in total. The molecule has 0 aliphatic heterocycles. The number of halogens is 1. The minimum Gasteiger partial charge on any atom is -0.468 e. The monoisotopic (exact) mass is 282 g/mol. The number of methoxy groups -OCH3 is 1. The first-order valence-corrected chi connectivity index (χ1v) is 6.30. The molecule has 1 aromatic rings. The normalized spacial score (nSPS) is 12.1. The molecule has 0 aromatic heterocycles. The number of rotatable bonds is 6. The number of amides is 1. The van der Waals surface area contributed by atoms with Crippen LogP contribution in [0.1, 0.15) is 13.8 Å². The molecule has 0 heterocycles. The van der Waals surface area contributed by atoms with Crippen molar-refractivity contribution >= 4 is 17.6 Å². The van der Waals surface area contributed by atoms with Crippen molar-refractivity contribution in [2.24, 2.45) is 5.92 Å². The molecule has 1 amide bonds. The summed E-state index contributed by atoms with van der Waals surface area (Å²) in [5.74, 6) is -1.09. The van der Waals surface area contributed by atoms with Crippen LogP contribution in [0.4, 0.5) is 10.1 Å². The number of nitrogens with one attached hydrogen (secondary N) is 2. The van der Waals surface area contributed by atoms with Crippen LogP contribution < -0.4 is 10.6 Å². The number of carbonyl (C=O) groups excluding carboxylic acids is 2. The summed E-state index contributed by atoms with van der Waals surface area (Å²) in [5.41, 5.74) is 0.498. The zero-order chi connectivity index (χ0) is 15.1. The molecule has 1 rings (SSSR count). The van der Waals surface area contributed by atoms with Gasteiger partial charge in [-0.15, -0.1) is 0 Å². The Morgan fingerprint density at radius 1 is 1.25 bits per heavy atom. The Labute approximate surface area is 117 Å². The molecule has 0 aliphatic rings. The van der Waals surface area contributed by atoms with Crippen molar-refractivity contribution in [1.82, 2.24) is 5.32 Å². The van der Waals surface area contributed by atoms with Crippen molar-refractivity contribution < 1.29 is 18.7 Å². The molecular formula is C14H19FN2O3. The molecular weight excluding hydrogens is 263 g/mol. The largest absolute Gasteiger partial charge is 0.468 e. The fourth-order valence-corrected chi connectivity index (χ4v) is 1.66. The molecule has 6 heteroatoms. The van der Waals surface area contributed by atoms with E-state index in [4.69, 9.17) is 0 Å². The van der Waals surface area contributed by atoms with E-state index in [-0.39, 0.29) is 24.2 Å². The zero-order valence-electron chi connectivity index (χ0n) is 11.8. The summed E-state index contributed by atoms with van der Waals surface area (Å²) >= 11 is 0. The van der Waals surface area contributed by atoms with E-state index in [9.17, 15) is 14.0 Å². The first-order chi connectivity index (χ1) is 9.43. The Bertz CT molecular complexity index is 460. The van der Waals surface area contributed by atoms with Gasteiger partial charge in [-0.2, -0.15) is 0 Å². The molecule has 0 fully saturated rings. The predicted molar refractivity (Wildman–Crippen MR) is 73.7 cm³/mol. The number of anilines is 1. The molecule has 2 N–H and O–H groups in total. The summed E-state index contributed by atoms with van der Waals surface area (Å²) < 4.78 is 17.4. The number of ether oxygens (including phenoxy) is 1. The third-order valence-corrected chi connectivity index (χ3v) is 2.73. The van der Waals surface area contributed by atoms with E-state index in [1.165, 1.54) is 31.4 Å². The third kappa shape index (κ3) is 4.97. The van der Waals surface area contributed by atoms with Crippen molar-refractivity contribution in [1.29, 1.82) is 0 Å². The van der Waals surface area contributed by atoms with Crippen LogP contribution in [0.25, 0.3) is 0 Å². The predicted octanol–water partition coefficient (Wildman–Crippen LogP) is 1.55. The molecule has 0 saturated heterocycles. The summed E-state index contributed by atoms with van der Waals surface area (Å²) in [4.78, 5) is 23.2. The SMILES string of the molecule is COC(=O)C(NCC(=O)Nc1ccc(F)cc1)C(C)C. The molecule has 1 aromatic carbocycles. The van der Waals surface area contributed by atoms with Crippen molar-refractivity contribution in [3.63, 3.8) is 0 Å². The van der Waals surface area contributed by atoms with Gasteiger partial charge >= 0.3 is 5.97 Å². The van der Waals surface area contributed by atoms with Gasteiger partial charge < -0.3 is 10.1 Å². The van der Waals surface area contributed by atoms with Crippen LogP contribution in [0.2, 0.25) is 0 Å². The highest BCUT2D eigenvalue weighted by atomic mass is 19.1. The van der Waals surface area contributed by atoms with E-state index < -0.39 is 12.0 Å². The maximum Gasteiger partial charge on any atom is 0.323 e. The zero-order valence-corrected chi connectivity index (χ0v) is 11.8. The molecule has 0 saturated carbocycles. The lowest BCUT2D eigenvalue weighted by Crippen LogP contribution is -2.45. The second-order valence-corrected chi connectivity index (χ2v) is 4.68. The Kier molecular flexibility index (Phi) is 6.11. The topological polar surface area (TPSA) is 67.4 Å². The molecule has 1 atom stereocenters. The minimum absolute atomic E-state index is 0.000992. The second-order valence-electron chi connectivity index (χ2n) is 4.68. The third-order valence-electron chi connectivity index (χ3n) is 2.73. The number of esters is 1. The first kappa shape index (κ1) is 16.1. The van der Waals surface area contributed by atoms with Crippen LogP contribution in [0.3, 0.4) is 0 Å². The van der Waals surface area contributed by atoms with Gasteiger partial charge in [0.1, 0.15) is 11.9 Å². The van der Waals surface area contributed by atoms with Gasteiger partial charge in [-0.25, -0.2) is 4.39 Å². The van der Waals surface area contributed by atoms with Crippen LogP contribution in [0.5, 0.6) is 0 Å². The van der Waals surface area contributed by atoms with Gasteiger partial charge in [0.25, 0.3) is 0 Å². The average molecular weight is 282 g/mol.